The summed E-state index contributed by atoms with van der Waals surface area (Å²) in [6.45, 7) is 0.111. The molecule has 0 saturated heterocycles. The summed E-state index contributed by atoms with van der Waals surface area (Å²) >= 11 is 7.68. The molecule has 35 heavy (non-hydrogen) atoms. The molecule has 1 aromatic heterocycles. The highest BCUT2D eigenvalue weighted by molar-refractivity contribution is 7.99. The molecule has 0 bridgehead atoms. The van der Waals surface area contributed by atoms with Crippen molar-refractivity contribution in [2.45, 2.75) is 11.7 Å². The minimum atomic E-state index is -0.266. The number of nitrogens with one attached hydrogen (secondary N) is 2. The molecule has 2 amide bonds. The Hall–Kier alpha value is -3.82. The Balaban J connectivity index is 1.50. The summed E-state index contributed by atoms with van der Waals surface area (Å²) in [7, 11) is 1.57. The van der Waals surface area contributed by atoms with Crippen LogP contribution in [0.4, 0.5) is 5.69 Å². The standard InChI is InChI=1S/C25H22ClN5O3S/c1-34-19-13-11-17(12-14-19)24(33)27-15-22-29-30-25(31(22)21-10-6-5-9-20(21)26)35-16-23(32)28-18-7-3-2-4-8-18/h2-14H,15-16H2,1H3,(H,27,33)(H,28,32). The number of ether oxygens (including phenoxy) is 1. The van der Waals surface area contributed by atoms with Crippen LogP contribution in [0.15, 0.2) is 84.0 Å². The molecule has 178 valence electrons. The van der Waals surface area contributed by atoms with E-state index in [0.29, 0.717) is 38.7 Å². The number of para-hydroxylation sites is 2. The highest BCUT2D eigenvalue weighted by Crippen LogP contribution is 2.27. The number of aromatic nitrogens is 3. The van der Waals surface area contributed by atoms with E-state index in [1.807, 2.05) is 48.5 Å². The molecular formula is C25H22ClN5O3S. The van der Waals surface area contributed by atoms with Crippen molar-refractivity contribution >= 4 is 40.9 Å². The van der Waals surface area contributed by atoms with E-state index < -0.39 is 0 Å². The van der Waals surface area contributed by atoms with Crippen molar-refractivity contribution in [2.75, 3.05) is 18.2 Å². The summed E-state index contributed by atoms with van der Waals surface area (Å²) in [4.78, 5) is 25.1. The van der Waals surface area contributed by atoms with Crippen molar-refractivity contribution in [1.82, 2.24) is 20.1 Å². The molecule has 0 radical (unpaired) electrons. The highest BCUT2D eigenvalue weighted by atomic mass is 35.5. The van der Waals surface area contributed by atoms with Crippen LogP contribution in [-0.4, -0.2) is 39.4 Å². The summed E-state index contributed by atoms with van der Waals surface area (Å²) < 4.78 is 6.88. The molecule has 4 rings (SSSR count). The average Bonchev–Trinajstić information content (AvgIpc) is 3.29. The number of halogens is 1. The third-order valence-corrected chi connectivity index (χ3v) is 6.19. The second kappa shape index (κ2) is 11.5. The lowest BCUT2D eigenvalue weighted by Crippen LogP contribution is -2.24. The van der Waals surface area contributed by atoms with Gasteiger partial charge in [-0.25, -0.2) is 0 Å². The Morgan fingerprint density at radius 2 is 1.69 bits per heavy atom. The van der Waals surface area contributed by atoms with Crippen molar-refractivity contribution in [2.24, 2.45) is 0 Å². The van der Waals surface area contributed by atoms with Gasteiger partial charge >= 0.3 is 0 Å². The Morgan fingerprint density at radius 3 is 2.40 bits per heavy atom. The molecular weight excluding hydrogens is 486 g/mol. The maximum Gasteiger partial charge on any atom is 0.251 e. The number of nitrogens with zero attached hydrogens (tertiary/aromatic N) is 3. The number of amides is 2. The fraction of sp³-hybridized carbons (Fsp3) is 0.120. The van der Waals surface area contributed by atoms with Crippen LogP contribution in [0, 0.1) is 0 Å². The Bertz CT molecular complexity index is 1310. The molecule has 8 nitrogen and oxygen atoms in total. The summed E-state index contributed by atoms with van der Waals surface area (Å²) in [6.07, 6.45) is 0. The monoisotopic (exact) mass is 507 g/mol. The van der Waals surface area contributed by atoms with Gasteiger partial charge in [0.15, 0.2) is 11.0 Å². The number of carbonyl (C=O) groups is 2. The van der Waals surface area contributed by atoms with Crippen LogP contribution >= 0.6 is 23.4 Å². The Morgan fingerprint density at radius 1 is 0.971 bits per heavy atom. The number of hydrogen-bond donors (Lipinski definition) is 2. The van der Waals surface area contributed by atoms with Crippen molar-refractivity contribution < 1.29 is 14.3 Å². The number of carbonyl (C=O) groups excluding carboxylic acids is 2. The first kappa shape index (κ1) is 24.3. The van der Waals surface area contributed by atoms with E-state index in [1.54, 1.807) is 42.0 Å². The molecule has 0 saturated carbocycles. The van der Waals surface area contributed by atoms with Crippen LogP contribution < -0.4 is 15.4 Å². The van der Waals surface area contributed by atoms with Gasteiger partial charge in [-0.2, -0.15) is 0 Å². The molecule has 0 aliphatic carbocycles. The van der Waals surface area contributed by atoms with E-state index >= 15 is 0 Å². The maximum absolute atomic E-state index is 12.6. The lowest BCUT2D eigenvalue weighted by molar-refractivity contribution is -0.113. The molecule has 0 aliphatic rings. The van der Waals surface area contributed by atoms with Crippen molar-refractivity contribution in [3.05, 3.63) is 95.3 Å². The Labute approximate surface area is 211 Å². The van der Waals surface area contributed by atoms with Crippen LogP contribution in [0.3, 0.4) is 0 Å². The van der Waals surface area contributed by atoms with Gasteiger partial charge in [0.1, 0.15) is 5.75 Å². The number of methoxy groups -OCH3 is 1. The van der Waals surface area contributed by atoms with Gasteiger partial charge in [-0.3, -0.25) is 14.2 Å². The molecule has 0 aliphatic heterocycles. The van der Waals surface area contributed by atoms with Gasteiger partial charge in [0.25, 0.3) is 5.91 Å². The zero-order valence-corrected chi connectivity index (χ0v) is 20.3. The first-order chi connectivity index (χ1) is 17.0. The van der Waals surface area contributed by atoms with E-state index in [-0.39, 0.29) is 24.1 Å². The summed E-state index contributed by atoms with van der Waals surface area (Å²) in [6, 6.07) is 23.3. The smallest absolute Gasteiger partial charge is 0.251 e. The predicted octanol–water partition coefficient (Wildman–Crippen LogP) is 4.59. The van der Waals surface area contributed by atoms with Gasteiger partial charge in [-0.05, 0) is 48.5 Å². The fourth-order valence-electron chi connectivity index (χ4n) is 3.24. The molecule has 0 spiro atoms. The highest BCUT2D eigenvalue weighted by Gasteiger charge is 2.18. The van der Waals surface area contributed by atoms with Gasteiger partial charge in [0.2, 0.25) is 5.91 Å². The predicted molar refractivity (Wildman–Crippen MR) is 136 cm³/mol. The number of anilines is 1. The number of rotatable bonds is 9. The van der Waals surface area contributed by atoms with E-state index in [0.717, 1.165) is 0 Å². The molecule has 10 heteroatoms. The third-order valence-electron chi connectivity index (χ3n) is 4.94. The van der Waals surface area contributed by atoms with E-state index in [2.05, 4.69) is 20.8 Å². The van der Waals surface area contributed by atoms with Gasteiger partial charge in [0, 0.05) is 11.3 Å². The largest absolute Gasteiger partial charge is 0.497 e. The molecule has 0 fully saturated rings. The molecule has 4 aromatic rings. The molecule has 3 aromatic carbocycles. The molecule has 0 atom stereocenters. The first-order valence-corrected chi connectivity index (χ1v) is 12.0. The van der Waals surface area contributed by atoms with Crippen LogP contribution in [-0.2, 0) is 11.3 Å². The zero-order valence-electron chi connectivity index (χ0n) is 18.8. The summed E-state index contributed by atoms with van der Waals surface area (Å²) in [5, 5.41) is 15.2. The minimum Gasteiger partial charge on any atom is -0.497 e. The van der Waals surface area contributed by atoms with E-state index in [1.165, 1.54) is 11.8 Å². The topological polar surface area (TPSA) is 98.1 Å². The number of hydrogen-bond acceptors (Lipinski definition) is 6. The summed E-state index contributed by atoms with van der Waals surface area (Å²) in [5.74, 6) is 0.821. The molecule has 2 N–H and O–H groups in total. The normalized spacial score (nSPS) is 10.6. The fourth-order valence-corrected chi connectivity index (χ4v) is 4.22. The van der Waals surface area contributed by atoms with E-state index in [4.69, 9.17) is 16.3 Å². The van der Waals surface area contributed by atoms with Crippen LogP contribution in [0.1, 0.15) is 16.2 Å². The minimum absolute atomic E-state index is 0.111. The summed E-state index contributed by atoms with van der Waals surface area (Å²) in [5.41, 5.74) is 1.85. The van der Waals surface area contributed by atoms with E-state index in [9.17, 15) is 9.59 Å². The van der Waals surface area contributed by atoms with Crippen LogP contribution in [0.2, 0.25) is 5.02 Å². The van der Waals surface area contributed by atoms with Crippen molar-refractivity contribution in [3.63, 3.8) is 0 Å². The average molecular weight is 508 g/mol. The maximum atomic E-state index is 12.6. The van der Waals surface area contributed by atoms with Crippen LogP contribution in [0.25, 0.3) is 5.69 Å². The number of thioether (sulfide) groups is 1. The van der Waals surface area contributed by atoms with Crippen molar-refractivity contribution in [1.29, 1.82) is 0 Å². The second-order valence-electron chi connectivity index (χ2n) is 7.30. The van der Waals surface area contributed by atoms with Gasteiger partial charge in [-0.15, -0.1) is 10.2 Å². The SMILES string of the molecule is COc1ccc(C(=O)NCc2nnc(SCC(=O)Nc3ccccc3)n2-c2ccccc2Cl)cc1. The van der Waals surface area contributed by atoms with Crippen molar-refractivity contribution in [3.8, 4) is 11.4 Å². The first-order valence-electron chi connectivity index (χ1n) is 10.6. The number of benzene rings is 3. The molecule has 0 unspecified atom stereocenters. The van der Waals surface area contributed by atoms with Gasteiger partial charge in [0.05, 0.1) is 30.1 Å². The van der Waals surface area contributed by atoms with Crippen LogP contribution in [0.5, 0.6) is 5.75 Å². The zero-order chi connectivity index (χ0) is 24.6. The van der Waals surface area contributed by atoms with Gasteiger partial charge in [-0.1, -0.05) is 53.7 Å². The molecule has 1 heterocycles. The lowest BCUT2D eigenvalue weighted by atomic mass is 10.2. The third kappa shape index (κ3) is 6.20. The lowest BCUT2D eigenvalue weighted by Gasteiger charge is -2.12. The second-order valence-corrected chi connectivity index (χ2v) is 8.65. The quantitative estimate of drug-likeness (QED) is 0.321. The Kier molecular flexibility index (Phi) is 8.02. The van der Waals surface area contributed by atoms with Gasteiger partial charge < -0.3 is 15.4 Å².